The number of aromatic nitrogens is 3. The van der Waals surface area contributed by atoms with Crippen molar-refractivity contribution < 1.29 is 4.79 Å². The van der Waals surface area contributed by atoms with E-state index >= 15 is 0 Å². The van der Waals surface area contributed by atoms with Crippen molar-refractivity contribution in [2.45, 2.75) is 20.4 Å². The van der Waals surface area contributed by atoms with E-state index in [4.69, 9.17) is 4.98 Å². The molecule has 0 unspecified atom stereocenters. The van der Waals surface area contributed by atoms with Crippen molar-refractivity contribution >= 4 is 22.9 Å². The lowest BCUT2D eigenvalue weighted by molar-refractivity contribution is 0.0621. The minimum Gasteiger partial charge on any atom is -0.335 e. The molecule has 1 aromatic carbocycles. The van der Waals surface area contributed by atoms with Crippen LogP contribution in [0.25, 0.3) is 16.2 Å². The van der Waals surface area contributed by atoms with Crippen LogP contribution >= 0.6 is 11.3 Å². The first-order chi connectivity index (χ1) is 15.1. The zero-order valence-corrected chi connectivity index (χ0v) is 18.6. The zero-order chi connectivity index (χ0) is 21.4. The van der Waals surface area contributed by atoms with Crippen molar-refractivity contribution in [2.24, 2.45) is 0 Å². The van der Waals surface area contributed by atoms with E-state index in [1.165, 1.54) is 22.6 Å². The predicted octanol–water partition coefficient (Wildman–Crippen LogP) is 4.03. The van der Waals surface area contributed by atoms with Crippen LogP contribution in [0.2, 0.25) is 0 Å². The maximum absolute atomic E-state index is 13.0. The maximum atomic E-state index is 13.0. The van der Waals surface area contributed by atoms with Gasteiger partial charge in [0.1, 0.15) is 16.3 Å². The normalized spacial score (nSPS) is 15.0. The number of carbonyl (C=O) groups excluding carboxylic acids is 1. The third-order valence-electron chi connectivity index (χ3n) is 5.86. The van der Waals surface area contributed by atoms with Crippen LogP contribution in [0.5, 0.6) is 0 Å². The number of thiazole rings is 1. The molecule has 1 amide bonds. The van der Waals surface area contributed by atoms with Crippen LogP contribution in [0, 0.1) is 13.8 Å². The van der Waals surface area contributed by atoms with Gasteiger partial charge in [0.25, 0.3) is 5.91 Å². The second-order valence-electron chi connectivity index (χ2n) is 8.05. The van der Waals surface area contributed by atoms with Crippen LogP contribution in [0.1, 0.15) is 27.4 Å². The predicted molar refractivity (Wildman–Crippen MR) is 123 cm³/mol. The molecule has 31 heavy (non-hydrogen) atoms. The van der Waals surface area contributed by atoms with Crippen molar-refractivity contribution in [3.8, 4) is 10.6 Å². The van der Waals surface area contributed by atoms with Crippen LogP contribution in [0.4, 0.5) is 0 Å². The number of aryl methyl sites for hydroxylation is 2. The summed E-state index contributed by atoms with van der Waals surface area (Å²) in [4.78, 5) is 26.6. The number of hydrogen-bond acceptors (Lipinski definition) is 5. The summed E-state index contributed by atoms with van der Waals surface area (Å²) in [7, 11) is 0. The molecule has 0 bridgehead atoms. The Morgan fingerprint density at radius 2 is 1.81 bits per heavy atom. The Hall–Kier alpha value is -3.03. The van der Waals surface area contributed by atoms with Gasteiger partial charge in [-0.2, -0.15) is 0 Å². The summed E-state index contributed by atoms with van der Waals surface area (Å²) in [5, 5.41) is 2.77. The van der Waals surface area contributed by atoms with Gasteiger partial charge >= 0.3 is 0 Å². The standard InChI is InChI=1S/C24H25N5OS/c1-17-8-9-29-21(18(2)25-22(29)14-17)15-27-10-12-28(13-11-27)24(30)20-16-31-23(26-20)19-6-4-3-5-7-19/h3-9,14,16H,10-13,15H2,1-2H3. The second kappa shape index (κ2) is 8.24. The van der Waals surface area contributed by atoms with Crippen molar-refractivity contribution in [1.29, 1.82) is 0 Å². The fraction of sp³-hybridized carbons (Fsp3) is 0.292. The zero-order valence-electron chi connectivity index (χ0n) is 17.8. The lowest BCUT2D eigenvalue weighted by Crippen LogP contribution is -2.48. The molecule has 0 N–H and O–H groups in total. The van der Waals surface area contributed by atoms with Crippen LogP contribution < -0.4 is 0 Å². The lowest BCUT2D eigenvalue weighted by atomic mass is 10.2. The Balaban J connectivity index is 1.23. The van der Waals surface area contributed by atoms with Crippen LogP contribution in [0.15, 0.2) is 54.0 Å². The number of pyridine rings is 1. The first-order valence-corrected chi connectivity index (χ1v) is 11.4. The Kier molecular flexibility index (Phi) is 5.29. The van der Waals surface area contributed by atoms with Crippen LogP contribution in [0.3, 0.4) is 0 Å². The number of nitrogens with zero attached hydrogens (tertiary/aromatic N) is 5. The van der Waals surface area contributed by atoms with E-state index in [0.29, 0.717) is 18.8 Å². The number of fused-ring (bicyclic) bond motifs is 1. The Bertz CT molecular complexity index is 1220. The molecule has 4 heterocycles. The molecule has 0 atom stereocenters. The first kappa shape index (κ1) is 19.9. The molecular weight excluding hydrogens is 406 g/mol. The van der Waals surface area contributed by atoms with Crippen LogP contribution in [-0.2, 0) is 6.54 Å². The number of amides is 1. The molecule has 6 nitrogen and oxygen atoms in total. The molecule has 1 aliphatic heterocycles. The quantitative estimate of drug-likeness (QED) is 0.490. The highest BCUT2D eigenvalue weighted by Crippen LogP contribution is 2.24. The molecule has 0 spiro atoms. The highest BCUT2D eigenvalue weighted by Gasteiger charge is 2.25. The van der Waals surface area contributed by atoms with E-state index in [1.54, 1.807) is 0 Å². The van der Waals surface area contributed by atoms with Crippen LogP contribution in [-0.4, -0.2) is 56.3 Å². The summed E-state index contributed by atoms with van der Waals surface area (Å²) in [6.45, 7) is 8.12. The van der Waals surface area contributed by atoms with E-state index in [0.717, 1.165) is 41.5 Å². The summed E-state index contributed by atoms with van der Waals surface area (Å²) < 4.78 is 2.18. The number of rotatable bonds is 4. The average Bonchev–Trinajstić information content (AvgIpc) is 3.39. The number of piperazine rings is 1. The van der Waals surface area contributed by atoms with E-state index in [2.05, 4.69) is 46.5 Å². The molecule has 7 heteroatoms. The molecule has 158 valence electrons. The van der Waals surface area contributed by atoms with Gasteiger partial charge in [0.05, 0.1) is 11.4 Å². The van der Waals surface area contributed by atoms with Gasteiger partial charge in [0, 0.05) is 49.9 Å². The molecule has 1 saturated heterocycles. The summed E-state index contributed by atoms with van der Waals surface area (Å²) in [5.74, 6) is 0.0274. The number of carbonyl (C=O) groups is 1. The SMILES string of the molecule is Cc1ccn2c(CN3CCN(C(=O)c4csc(-c5ccccc5)n4)CC3)c(C)nc2c1. The molecular formula is C24H25N5OS. The molecule has 5 rings (SSSR count). The van der Waals surface area contributed by atoms with Crippen molar-refractivity contribution in [2.75, 3.05) is 26.2 Å². The molecule has 1 aliphatic rings. The first-order valence-electron chi connectivity index (χ1n) is 10.6. The van der Waals surface area contributed by atoms with E-state index in [-0.39, 0.29) is 5.91 Å². The van der Waals surface area contributed by atoms with Crippen molar-refractivity contribution in [1.82, 2.24) is 24.2 Å². The van der Waals surface area contributed by atoms with Gasteiger partial charge in [-0.3, -0.25) is 9.69 Å². The van der Waals surface area contributed by atoms with Gasteiger partial charge in [-0.05, 0) is 31.5 Å². The Morgan fingerprint density at radius 1 is 1.03 bits per heavy atom. The number of hydrogen-bond donors (Lipinski definition) is 0. The molecule has 0 radical (unpaired) electrons. The highest BCUT2D eigenvalue weighted by atomic mass is 32.1. The third kappa shape index (κ3) is 3.98. The lowest BCUT2D eigenvalue weighted by Gasteiger charge is -2.34. The van der Waals surface area contributed by atoms with Gasteiger partial charge in [-0.25, -0.2) is 9.97 Å². The van der Waals surface area contributed by atoms with E-state index < -0.39 is 0 Å². The monoisotopic (exact) mass is 431 g/mol. The molecule has 4 aromatic rings. The minimum atomic E-state index is 0.0274. The molecule has 3 aromatic heterocycles. The number of imidazole rings is 1. The Labute approximate surface area is 185 Å². The second-order valence-corrected chi connectivity index (χ2v) is 8.91. The minimum absolute atomic E-state index is 0.0274. The molecule has 0 aliphatic carbocycles. The van der Waals surface area contributed by atoms with Gasteiger partial charge < -0.3 is 9.30 Å². The number of benzene rings is 1. The summed E-state index contributed by atoms with van der Waals surface area (Å²) >= 11 is 1.52. The highest BCUT2D eigenvalue weighted by molar-refractivity contribution is 7.13. The van der Waals surface area contributed by atoms with Gasteiger partial charge in [0.2, 0.25) is 0 Å². The summed E-state index contributed by atoms with van der Waals surface area (Å²) in [6.07, 6.45) is 2.10. The Morgan fingerprint density at radius 3 is 2.58 bits per heavy atom. The molecule has 1 fully saturated rings. The van der Waals surface area contributed by atoms with Gasteiger partial charge in [-0.15, -0.1) is 11.3 Å². The average molecular weight is 432 g/mol. The van der Waals surface area contributed by atoms with Crippen molar-refractivity contribution in [3.05, 3.63) is 76.7 Å². The fourth-order valence-electron chi connectivity index (χ4n) is 4.07. The van der Waals surface area contributed by atoms with E-state index in [9.17, 15) is 4.79 Å². The topological polar surface area (TPSA) is 53.7 Å². The maximum Gasteiger partial charge on any atom is 0.273 e. The smallest absolute Gasteiger partial charge is 0.273 e. The largest absolute Gasteiger partial charge is 0.335 e. The van der Waals surface area contributed by atoms with Gasteiger partial charge in [-0.1, -0.05) is 30.3 Å². The molecule has 0 saturated carbocycles. The summed E-state index contributed by atoms with van der Waals surface area (Å²) in [5.41, 5.74) is 6.11. The fourth-order valence-corrected chi connectivity index (χ4v) is 4.87. The van der Waals surface area contributed by atoms with E-state index in [1.807, 2.05) is 40.6 Å². The van der Waals surface area contributed by atoms with Crippen molar-refractivity contribution in [3.63, 3.8) is 0 Å². The van der Waals surface area contributed by atoms with Gasteiger partial charge in [0.15, 0.2) is 0 Å². The summed E-state index contributed by atoms with van der Waals surface area (Å²) in [6, 6.07) is 14.2. The third-order valence-corrected chi connectivity index (χ3v) is 6.75.